The van der Waals surface area contributed by atoms with Crippen LogP contribution in [-0.2, 0) is 6.42 Å². The molecule has 2 aromatic carbocycles. The monoisotopic (exact) mass is 423 g/mol. The van der Waals surface area contributed by atoms with Gasteiger partial charge in [-0.1, -0.05) is 44.2 Å². The van der Waals surface area contributed by atoms with E-state index >= 15 is 0 Å². The number of hydrogen-bond acceptors (Lipinski definition) is 3. The molecule has 29 heavy (non-hydrogen) atoms. The molecular weight excluding hydrogens is 404 g/mol. The van der Waals surface area contributed by atoms with E-state index in [0.29, 0.717) is 22.7 Å². The molecule has 1 nitrogen and oxygen atoms in total. The number of halogens is 2. The van der Waals surface area contributed by atoms with Gasteiger partial charge in [-0.25, -0.2) is 8.78 Å². The summed E-state index contributed by atoms with van der Waals surface area (Å²) in [6, 6.07) is 13.0. The Kier molecular flexibility index (Phi) is 7.06. The van der Waals surface area contributed by atoms with Crippen LogP contribution in [0.15, 0.2) is 53.5 Å². The van der Waals surface area contributed by atoms with Crippen molar-refractivity contribution in [2.75, 3.05) is 0 Å². The lowest BCUT2D eigenvalue weighted by atomic mass is 10.0. The van der Waals surface area contributed by atoms with Crippen LogP contribution in [0.2, 0.25) is 0 Å². The number of aliphatic imine (C=N–C) groups is 1. The summed E-state index contributed by atoms with van der Waals surface area (Å²) in [4.78, 5) is 6.00. The molecule has 3 rings (SSSR count). The highest BCUT2D eigenvalue weighted by molar-refractivity contribution is 7.78. The van der Waals surface area contributed by atoms with Crippen molar-refractivity contribution in [3.63, 3.8) is 0 Å². The highest BCUT2D eigenvalue weighted by Gasteiger charge is 2.13. The van der Waals surface area contributed by atoms with Crippen molar-refractivity contribution >= 4 is 34.4 Å². The van der Waals surface area contributed by atoms with Crippen molar-refractivity contribution in [2.24, 2.45) is 10.9 Å². The fourth-order valence-electron chi connectivity index (χ4n) is 2.85. The van der Waals surface area contributed by atoms with Crippen LogP contribution in [0, 0.1) is 29.4 Å². The van der Waals surface area contributed by atoms with E-state index in [0.717, 1.165) is 17.7 Å². The summed E-state index contributed by atoms with van der Waals surface area (Å²) in [5.74, 6) is 5.21. The maximum atomic E-state index is 14.6. The van der Waals surface area contributed by atoms with Crippen LogP contribution in [0.3, 0.4) is 0 Å². The first-order chi connectivity index (χ1) is 14.0. The zero-order valence-corrected chi connectivity index (χ0v) is 17.8. The van der Waals surface area contributed by atoms with Crippen LogP contribution in [0.4, 0.5) is 14.5 Å². The van der Waals surface area contributed by atoms with Gasteiger partial charge >= 0.3 is 0 Å². The molecule has 1 heterocycles. The number of isothiocyanates is 1. The lowest BCUT2D eigenvalue weighted by Crippen LogP contribution is -1.94. The summed E-state index contributed by atoms with van der Waals surface area (Å²) in [6.07, 6.45) is 2.15. The van der Waals surface area contributed by atoms with Crippen LogP contribution in [-0.4, -0.2) is 5.16 Å². The third kappa shape index (κ3) is 5.46. The third-order valence-corrected chi connectivity index (χ3v) is 5.73. The molecule has 0 saturated carbocycles. The molecule has 3 aromatic rings. The van der Waals surface area contributed by atoms with Crippen LogP contribution in [0.1, 0.15) is 35.6 Å². The molecule has 0 amide bonds. The standard InChI is InChI=1S/C24H19F2NS2/c1-3-16(2)12-21-11-10-20(29-21)9-4-17-13-22(25)24(23(26)14-17)18-5-7-19(8-6-18)27-15-28/h5-8,10-11,13-14,16H,3,12H2,1-2H3. The molecule has 1 atom stereocenters. The largest absolute Gasteiger partial charge is 0.206 e. The molecule has 0 bridgehead atoms. The van der Waals surface area contributed by atoms with Crippen molar-refractivity contribution in [3.8, 4) is 23.0 Å². The van der Waals surface area contributed by atoms with Crippen molar-refractivity contribution in [2.45, 2.75) is 26.7 Å². The summed E-state index contributed by atoms with van der Waals surface area (Å²) in [5.41, 5.74) is 1.23. The van der Waals surface area contributed by atoms with Crippen LogP contribution >= 0.6 is 23.6 Å². The van der Waals surface area contributed by atoms with E-state index in [1.165, 1.54) is 17.0 Å². The Bertz CT molecular complexity index is 1090. The molecule has 0 fully saturated rings. The minimum absolute atomic E-state index is 0.0830. The molecule has 5 heteroatoms. The van der Waals surface area contributed by atoms with E-state index in [2.05, 4.69) is 54.1 Å². The van der Waals surface area contributed by atoms with Crippen molar-refractivity contribution in [3.05, 3.63) is 75.5 Å². The first kappa shape index (κ1) is 21.1. The smallest absolute Gasteiger partial charge is 0.135 e. The van der Waals surface area contributed by atoms with E-state index in [1.54, 1.807) is 35.6 Å². The highest BCUT2D eigenvalue weighted by Crippen LogP contribution is 2.29. The molecule has 0 N–H and O–H groups in total. The predicted octanol–water partition coefficient (Wildman–Crippen LogP) is 7.42. The molecular formula is C24H19F2NS2. The predicted molar refractivity (Wildman–Crippen MR) is 120 cm³/mol. The zero-order chi connectivity index (χ0) is 20.8. The number of benzene rings is 2. The van der Waals surface area contributed by atoms with Gasteiger partial charge in [0.15, 0.2) is 0 Å². The zero-order valence-electron chi connectivity index (χ0n) is 16.1. The van der Waals surface area contributed by atoms with Gasteiger partial charge in [-0.05, 0) is 66.5 Å². The summed E-state index contributed by atoms with van der Waals surface area (Å²) < 4.78 is 29.2. The Hall–Kier alpha value is -2.64. The Morgan fingerprint density at radius 3 is 2.34 bits per heavy atom. The maximum Gasteiger partial charge on any atom is 0.135 e. The van der Waals surface area contributed by atoms with Gasteiger partial charge in [0.05, 0.1) is 21.3 Å². The molecule has 0 radical (unpaired) electrons. The number of thiocarbonyl (C=S) groups is 1. The molecule has 0 saturated heterocycles. The number of rotatable bonds is 5. The Labute approximate surface area is 179 Å². The second-order valence-electron chi connectivity index (χ2n) is 6.80. The number of hydrogen-bond donors (Lipinski definition) is 0. The van der Waals surface area contributed by atoms with Crippen molar-refractivity contribution in [1.82, 2.24) is 0 Å². The van der Waals surface area contributed by atoms with E-state index < -0.39 is 11.6 Å². The summed E-state index contributed by atoms with van der Waals surface area (Å²) in [7, 11) is 0. The lowest BCUT2D eigenvalue weighted by molar-refractivity contribution is 0.565. The van der Waals surface area contributed by atoms with Crippen LogP contribution in [0.5, 0.6) is 0 Å². The molecule has 0 aliphatic carbocycles. The summed E-state index contributed by atoms with van der Waals surface area (Å²) in [6.45, 7) is 4.39. The van der Waals surface area contributed by atoms with Gasteiger partial charge in [0.1, 0.15) is 11.6 Å². The van der Waals surface area contributed by atoms with Gasteiger partial charge < -0.3 is 0 Å². The normalized spacial score (nSPS) is 11.3. The first-order valence-corrected chi connectivity index (χ1v) is 10.5. The second kappa shape index (κ2) is 9.71. The van der Waals surface area contributed by atoms with Crippen molar-refractivity contribution in [1.29, 1.82) is 0 Å². The second-order valence-corrected chi connectivity index (χ2v) is 8.15. The average Bonchev–Trinajstić information content (AvgIpc) is 3.14. The summed E-state index contributed by atoms with van der Waals surface area (Å²) >= 11 is 6.18. The highest BCUT2D eigenvalue weighted by atomic mass is 32.1. The Morgan fingerprint density at radius 1 is 1.03 bits per heavy atom. The molecule has 0 aliphatic rings. The van der Waals surface area contributed by atoms with Gasteiger partial charge in [0, 0.05) is 10.4 Å². The third-order valence-electron chi connectivity index (χ3n) is 4.61. The molecule has 146 valence electrons. The van der Waals surface area contributed by atoms with E-state index in [9.17, 15) is 8.78 Å². The Morgan fingerprint density at radius 2 is 1.72 bits per heavy atom. The average molecular weight is 424 g/mol. The van der Waals surface area contributed by atoms with Gasteiger partial charge in [-0.2, -0.15) is 4.99 Å². The topological polar surface area (TPSA) is 12.4 Å². The number of nitrogens with zero attached hydrogens (tertiary/aromatic N) is 1. The van der Waals surface area contributed by atoms with E-state index in [-0.39, 0.29) is 5.56 Å². The summed E-state index contributed by atoms with van der Waals surface area (Å²) in [5, 5.41) is 2.26. The molecule has 1 aromatic heterocycles. The Balaban J connectivity index is 1.83. The van der Waals surface area contributed by atoms with E-state index in [4.69, 9.17) is 0 Å². The fourth-order valence-corrected chi connectivity index (χ4v) is 3.98. The maximum absolute atomic E-state index is 14.6. The molecule has 0 spiro atoms. The van der Waals surface area contributed by atoms with Crippen LogP contribution in [0.25, 0.3) is 11.1 Å². The van der Waals surface area contributed by atoms with Gasteiger partial charge in [-0.15, -0.1) is 11.3 Å². The van der Waals surface area contributed by atoms with Gasteiger partial charge in [0.2, 0.25) is 0 Å². The fraction of sp³-hybridized carbons (Fsp3) is 0.208. The molecule has 1 unspecified atom stereocenters. The van der Waals surface area contributed by atoms with Crippen molar-refractivity contribution < 1.29 is 8.78 Å². The van der Waals surface area contributed by atoms with Gasteiger partial charge in [-0.3, -0.25) is 0 Å². The minimum atomic E-state index is -0.649. The quantitative estimate of drug-likeness (QED) is 0.236. The lowest BCUT2D eigenvalue weighted by Gasteiger charge is -2.06. The minimum Gasteiger partial charge on any atom is -0.206 e. The van der Waals surface area contributed by atoms with Gasteiger partial charge in [0.25, 0.3) is 0 Å². The molecule has 0 aliphatic heterocycles. The van der Waals surface area contributed by atoms with E-state index in [1.807, 2.05) is 6.07 Å². The SMILES string of the molecule is CCC(C)Cc1ccc(C#Cc2cc(F)c(-c3ccc(N=C=S)cc3)c(F)c2)s1. The number of thiophene rings is 1. The first-order valence-electron chi connectivity index (χ1n) is 9.28. The van der Waals surface area contributed by atoms with Crippen LogP contribution < -0.4 is 0 Å².